The van der Waals surface area contributed by atoms with Gasteiger partial charge in [-0.3, -0.25) is 9.59 Å². The number of carbonyl (C=O) groups is 2. The van der Waals surface area contributed by atoms with Gasteiger partial charge in [0.15, 0.2) is 6.10 Å². The summed E-state index contributed by atoms with van der Waals surface area (Å²) in [4.78, 5) is 26.8. The van der Waals surface area contributed by atoms with Gasteiger partial charge in [-0.25, -0.2) is 0 Å². The molecule has 2 amide bonds. The molecule has 0 saturated carbocycles. The van der Waals surface area contributed by atoms with Gasteiger partial charge in [0.05, 0.1) is 10.4 Å². The van der Waals surface area contributed by atoms with Gasteiger partial charge in [-0.15, -0.1) is 0 Å². The summed E-state index contributed by atoms with van der Waals surface area (Å²) in [5.41, 5.74) is 1.12. The number of likely N-dealkylation sites (tertiary alicyclic amines) is 1. The Morgan fingerprint density at radius 1 is 1.42 bits per heavy atom. The fourth-order valence-electron chi connectivity index (χ4n) is 3.12. The summed E-state index contributed by atoms with van der Waals surface area (Å²) in [6, 6.07) is 5.78. The first-order valence-corrected chi connectivity index (χ1v) is 10.2. The molecule has 1 N–H and O–H groups in total. The number of ether oxygens (including phenoxy) is 1. The summed E-state index contributed by atoms with van der Waals surface area (Å²) in [7, 11) is 0. The smallest absolute Gasteiger partial charge is 0.263 e. The molecule has 1 saturated heterocycles. The second kappa shape index (κ2) is 9.95. The predicted octanol–water partition coefficient (Wildman–Crippen LogP) is 3.68. The lowest BCUT2D eigenvalue weighted by atomic mass is 9.96. The van der Waals surface area contributed by atoms with Crippen LogP contribution in [0.4, 0.5) is 0 Å². The number of hydrogen-bond acceptors (Lipinski definition) is 3. The van der Waals surface area contributed by atoms with E-state index in [-0.39, 0.29) is 17.7 Å². The minimum atomic E-state index is -0.587. The van der Waals surface area contributed by atoms with Gasteiger partial charge in [0, 0.05) is 19.6 Å². The van der Waals surface area contributed by atoms with Crippen LogP contribution in [0.15, 0.2) is 22.7 Å². The van der Waals surface area contributed by atoms with Crippen LogP contribution >= 0.6 is 15.9 Å². The van der Waals surface area contributed by atoms with Crippen molar-refractivity contribution in [2.24, 2.45) is 5.92 Å². The summed E-state index contributed by atoms with van der Waals surface area (Å²) in [5, 5.41) is 2.98. The highest BCUT2D eigenvalue weighted by atomic mass is 79.9. The van der Waals surface area contributed by atoms with Gasteiger partial charge in [0.1, 0.15) is 5.75 Å². The van der Waals surface area contributed by atoms with Gasteiger partial charge >= 0.3 is 0 Å². The summed E-state index contributed by atoms with van der Waals surface area (Å²) < 4.78 is 6.69. The van der Waals surface area contributed by atoms with Crippen LogP contribution in [0.3, 0.4) is 0 Å². The third-order valence-corrected chi connectivity index (χ3v) is 5.29. The molecule has 1 aromatic carbocycles. The molecule has 0 spiro atoms. The van der Waals surface area contributed by atoms with Crippen molar-refractivity contribution in [3.63, 3.8) is 0 Å². The number of hydrogen-bond donors (Lipinski definition) is 1. The molecule has 1 aromatic rings. The maximum Gasteiger partial charge on any atom is 0.263 e. The molecule has 2 atom stereocenters. The molecule has 26 heavy (non-hydrogen) atoms. The van der Waals surface area contributed by atoms with Crippen LogP contribution in [-0.4, -0.2) is 42.5 Å². The summed E-state index contributed by atoms with van der Waals surface area (Å²) in [6.45, 7) is 7.73. The Morgan fingerprint density at radius 3 is 2.88 bits per heavy atom. The second-order valence-electron chi connectivity index (χ2n) is 6.96. The molecule has 0 radical (unpaired) electrons. The lowest BCUT2D eigenvalue weighted by Crippen LogP contribution is -2.49. The fraction of sp³-hybridized carbons (Fsp3) is 0.600. The molecule has 144 valence electrons. The number of nitrogens with one attached hydrogen (secondary N) is 1. The van der Waals surface area contributed by atoms with Crippen LogP contribution in [0.25, 0.3) is 0 Å². The Bertz CT molecular complexity index is 635. The number of nitrogens with zero attached hydrogens (tertiary/aromatic N) is 1. The highest BCUT2D eigenvalue weighted by Gasteiger charge is 2.31. The van der Waals surface area contributed by atoms with Crippen molar-refractivity contribution in [3.05, 3.63) is 28.2 Å². The number of benzene rings is 1. The highest BCUT2D eigenvalue weighted by Crippen LogP contribution is 2.27. The molecule has 2 rings (SSSR count). The molecule has 0 aromatic heterocycles. The summed E-state index contributed by atoms with van der Waals surface area (Å²) in [5.74, 6) is 0.527. The van der Waals surface area contributed by atoms with Gasteiger partial charge in [0.2, 0.25) is 5.91 Å². The zero-order valence-corrected chi connectivity index (χ0v) is 17.5. The molecular formula is C20H29BrN2O3. The lowest BCUT2D eigenvalue weighted by molar-refractivity contribution is -0.141. The lowest BCUT2D eigenvalue weighted by Gasteiger charge is -2.33. The van der Waals surface area contributed by atoms with Crippen LogP contribution in [0.1, 0.15) is 45.1 Å². The topological polar surface area (TPSA) is 58.6 Å². The molecular weight excluding hydrogens is 396 g/mol. The first kappa shape index (κ1) is 20.7. The van der Waals surface area contributed by atoms with Crippen molar-refractivity contribution in [2.75, 3.05) is 19.6 Å². The van der Waals surface area contributed by atoms with E-state index in [1.807, 2.05) is 25.1 Å². The van der Waals surface area contributed by atoms with Crippen LogP contribution in [0, 0.1) is 12.8 Å². The Hall–Kier alpha value is -1.56. The van der Waals surface area contributed by atoms with Crippen molar-refractivity contribution < 1.29 is 14.3 Å². The molecule has 0 bridgehead atoms. The van der Waals surface area contributed by atoms with Gasteiger partial charge < -0.3 is 15.0 Å². The van der Waals surface area contributed by atoms with E-state index in [4.69, 9.17) is 4.74 Å². The van der Waals surface area contributed by atoms with Crippen molar-refractivity contribution in [2.45, 2.75) is 52.6 Å². The minimum absolute atomic E-state index is 0.0609. The number of rotatable bonds is 7. The zero-order valence-electron chi connectivity index (χ0n) is 15.9. The Kier molecular flexibility index (Phi) is 7.94. The largest absolute Gasteiger partial charge is 0.480 e. The van der Waals surface area contributed by atoms with Crippen LogP contribution in [0.2, 0.25) is 0 Å². The summed E-state index contributed by atoms with van der Waals surface area (Å²) >= 11 is 3.48. The van der Waals surface area contributed by atoms with E-state index in [1.165, 1.54) is 0 Å². The number of carbonyl (C=O) groups excluding carboxylic acids is 2. The van der Waals surface area contributed by atoms with Crippen LogP contribution in [-0.2, 0) is 9.59 Å². The second-order valence-corrected chi connectivity index (χ2v) is 7.82. The highest BCUT2D eigenvalue weighted by molar-refractivity contribution is 9.10. The zero-order chi connectivity index (χ0) is 19.1. The molecule has 5 nitrogen and oxygen atoms in total. The maximum absolute atomic E-state index is 12.8. The van der Waals surface area contributed by atoms with E-state index < -0.39 is 6.10 Å². The quantitative estimate of drug-likeness (QED) is 0.679. The number of unbranched alkanes of at least 4 members (excludes halogenated alkanes) is 1. The van der Waals surface area contributed by atoms with Crippen LogP contribution < -0.4 is 10.1 Å². The van der Waals surface area contributed by atoms with Crippen molar-refractivity contribution in [1.29, 1.82) is 0 Å². The number of amides is 2. The Balaban J connectivity index is 1.92. The van der Waals surface area contributed by atoms with E-state index in [2.05, 4.69) is 28.2 Å². The van der Waals surface area contributed by atoms with Gasteiger partial charge in [0.25, 0.3) is 5.91 Å². The maximum atomic E-state index is 12.8. The van der Waals surface area contributed by atoms with E-state index in [0.29, 0.717) is 25.4 Å². The van der Waals surface area contributed by atoms with Crippen molar-refractivity contribution in [1.82, 2.24) is 10.2 Å². The van der Waals surface area contributed by atoms with E-state index >= 15 is 0 Å². The molecule has 2 unspecified atom stereocenters. The van der Waals surface area contributed by atoms with Crippen LogP contribution in [0.5, 0.6) is 5.75 Å². The van der Waals surface area contributed by atoms with E-state index in [1.54, 1.807) is 11.8 Å². The van der Waals surface area contributed by atoms with Gasteiger partial charge in [-0.1, -0.05) is 19.4 Å². The Labute approximate surface area is 164 Å². The van der Waals surface area contributed by atoms with E-state index in [9.17, 15) is 9.59 Å². The van der Waals surface area contributed by atoms with Gasteiger partial charge in [-0.2, -0.15) is 0 Å². The first-order valence-electron chi connectivity index (χ1n) is 9.41. The average molecular weight is 425 g/mol. The van der Waals surface area contributed by atoms with Crippen molar-refractivity contribution >= 4 is 27.7 Å². The molecule has 0 aliphatic carbocycles. The summed E-state index contributed by atoms with van der Waals surface area (Å²) in [6.07, 6.45) is 3.13. The van der Waals surface area contributed by atoms with Gasteiger partial charge in [-0.05, 0) is 66.7 Å². The molecule has 1 fully saturated rings. The van der Waals surface area contributed by atoms with E-state index in [0.717, 1.165) is 35.7 Å². The number of halogens is 1. The molecule has 1 aliphatic heterocycles. The minimum Gasteiger partial charge on any atom is -0.480 e. The molecule has 6 heteroatoms. The fourth-order valence-corrected chi connectivity index (χ4v) is 3.71. The average Bonchev–Trinajstić information content (AvgIpc) is 2.63. The third-order valence-electron chi connectivity index (χ3n) is 4.67. The number of piperidine rings is 1. The SMILES string of the molecule is CCCCNC(=O)C1CCCN(C(=O)C(C)Oc2ccc(C)cc2Br)C1. The standard InChI is InChI=1S/C20H29BrN2O3/c1-4-5-10-22-19(24)16-7-6-11-23(13-16)20(25)15(3)26-18-9-8-14(2)12-17(18)21/h8-9,12,15-16H,4-7,10-11,13H2,1-3H3,(H,22,24). The third kappa shape index (κ3) is 5.73. The Morgan fingerprint density at radius 2 is 2.19 bits per heavy atom. The monoisotopic (exact) mass is 424 g/mol. The number of aryl methyl sites for hydroxylation is 1. The normalized spacial score (nSPS) is 18.3. The molecule has 1 heterocycles. The first-order chi connectivity index (χ1) is 12.4. The molecule has 1 aliphatic rings. The predicted molar refractivity (Wildman–Crippen MR) is 106 cm³/mol. The van der Waals surface area contributed by atoms with Crippen molar-refractivity contribution in [3.8, 4) is 5.75 Å².